The molecule has 1 atom stereocenters. The van der Waals surface area contributed by atoms with Crippen LogP contribution in [0.5, 0.6) is 5.75 Å². The van der Waals surface area contributed by atoms with E-state index in [0.717, 1.165) is 11.3 Å². The SMILES string of the molecule is COc1ccc(Cl)cc1NC(=O)[C@H]1CC(=O)N(c2ccc(C)cc2)C1. The van der Waals surface area contributed by atoms with Crippen molar-refractivity contribution in [1.29, 1.82) is 0 Å². The van der Waals surface area contributed by atoms with Crippen molar-refractivity contribution >= 4 is 34.8 Å². The summed E-state index contributed by atoms with van der Waals surface area (Å²) in [6.45, 7) is 2.35. The van der Waals surface area contributed by atoms with Gasteiger partial charge < -0.3 is 15.0 Å². The van der Waals surface area contributed by atoms with Crippen LogP contribution in [0.4, 0.5) is 11.4 Å². The molecule has 1 fully saturated rings. The van der Waals surface area contributed by atoms with Gasteiger partial charge in [-0.15, -0.1) is 0 Å². The Morgan fingerprint density at radius 2 is 1.96 bits per heavy atom. The van der Waals surface area contributed by atoms with Gasteiger partial charge in [0, 0.05) is 23.7 Å². The summed E-state index contributed by atoms with van der Waals surface area (Å²) in [5, 5.41) is 3.32. The van der Waals surface area contributed by atoms with Crippen LogP contribution in [0.15, 0.2) is 42.5 Å². The van der Waals surface area contributed by atoms with E-state index < -0.39 is 5.92 Å². The number of halogens is 1. The molecule has 1 aliphatic heterocycles. The van der Waals surface area contributed by atoms with E-state index in [0.29, 0.717) is 23.0 Å². The van der Waals surface area contributed by atoms with Gasteiger partial charge in [0.15, 0.2) is 0 Å². The second-order valence-electron chi connectivity index (χ2n) is 6.07. The number of methoxy groups -OCH3 is 1. The van der Waals surface area contributed by atoms with Crippen LogP contribution in [0.3, 0.4) is 0 Å². The van der Waals surface area contributed by atoms with E-state index in [2.05, 4.69) is 5.32 Å². The maximum atomic E-state index is 12.6. The van der Waals surface area contributed by atoms with Crippen molar-refractivity contribution in [3.8, 4) is 5.75 Å². The van der Waals surface area contributed by atoms with Crippen molar-refractivity contribution in [3.05, 3.63) is 53.1 Å². The first kappa shape index (κ1) is 17.3. The lowest BCUT2D eigenvalue weighted by atomic mass is 10.1. The van der Waals surface area contributed by atoms with Gasteiger partial charge in [0.05, 0.1) is 18.7 Å². The van der Waals surface area contributed by atoms with E-state index in [1.807, 2.05) is 31.2 Å². The van der Waals surface area contributed by atoms with Gasteiger partial charge in [0.1, 0.15) is 5.75 Å². The minimum absolute atomic E-state index is 0.0536. The Morgan fingerprint density at radius 1 is 1.24 bits per heavy atom. The molecule has 6 heteroatoms. The van der Waals surface area contributed by atoms with Crippen LogP contribution >= 0.6 is 11.6 Å². The number of aryl methyl sites for hydroxylation is 1. The molecule has 2 aromatic carbocycles. The number of anilines is 2. The molecule has 5 nitrogen and oxygen atoms in total. The lowest BCUT2D eigenvalue weighted by molar-refractivity contribution is -0.122. The Hall–Kier alpha value is -2.53. The molecule has 0 unspecified atom stereocenters. The van der Waals surface area contributed by atoms with Crippen molar-refractivity contribution in [2.75, 3.05) is 23.9 Å². The molecule has 130 valence electrons. The van der Waals surface area contributed by atoms with Crippen LogP contribution in [-0.2, 0) is 9.59 Å². The summed E-state index contributed by atoms with van der Waals surface area (Å²) in [6.07, 6.45) is 0.183. The fourth-order valence-corrected chi connectivity index (χ4v) is 3.04. The number of ether oxygens (including phenoxy) is 1. The van der Waals surface area contributed by atoms with Gasteiger partial charge in [-0.05, 0) is 37.3 Å². The standard InChI is InChI=1S/C19H19ClN2O3/c1-12-3-6-15(7-4-12)22-11-13(9-18(22)23)19(24)21-16-10-14(20)5-8-17(16)25-2/h3-8,10,13H,9,11H2,1-2H3,(H,21,24)/t13-/m0/s1. The zero-order valence-electron chi connectivity index (χ0n) is 14.1. The van der Waals surface area contributed by atoms with Gasteiger partial charge in [0.25, 0.3) is 0 Å². The number of benzene rings is 2. The number of carbonyl (C=O) groups is 2. The molecule has 0 aromatic heterocycles. The Kier molecular flexibility index (Phi) is 4.95. The van der Waals surface area contributed by atoms with Crippen molar-refractivity contribution in [2.45, 2.75) is 13.3 Å². The third kappa shape index (κ3) is 3.77. The third-order valence-corrected chi connectivity index (χ3v) is 4.50. The molecule has 3 rings (SSSR count). The van der Waals surface area contributed by atoms with E-state index in [4.69, 9.17) is 16.3 Å². The van der Waals surface area contributed by atoms with Crippen molar-refractivity contribution in [2.24, 2.45) is 5.92 Å². The summed E-state index contributed by atoms with van der Waals surface area (Å²) in [7, 11) is 1.52. The molecule has 0 spiro atoms. The number of nitrogens with zero attached hydrogens (tertiary/aromatic N) is 1. The van der Waals surface area contributed by atoms with Crippen LogP contribution in [0.2, 0.25) is 5.02 Å². The van der Waals surface area contributed by atoms with Crippen LogP contribution in [0, 0.1) is 12.8 Å². The Balaban J connectivity index is 1.73. The number of hydrogen-bond acceptors (Lipinski definition) is 3. The molecule has 0 saturated carbocycles. The van der Waals surface area contributed by atoms with Crippen LogP contribution in [0.25, 0.3) is 0 Å². The maximum absolute atomic E-state index is 12.6. The second-order valence-corrected chi connectivity index (χ2v) is 6.51. The predicted molar refractivity (Wildman–Crippen MR) is 98.3 cm³/mol. The smallest absolute Gasteiger partial charge is 0.229 e. The van der Waals surface area contributed by atoms with Gasteiger partial charge in [-0.25, -0.2) is 0 Å². The van der Waals surface area contributed by atoms with Gasteiger partial charge >= 0.3 is 0 Å². The van der Waals surface area contributed by atoms with Gasteiger partial charge in [-0.1, -0.05) is 29.3 Å². The highest BCUT2D eigenvalue weighted by Gasteiger charge is 2.35. The fraction of sp³-hybridized carbons (Fsp3) is 0.263. The topological polar surface area (TPSA) is 58.6 Å². The number of nitrogens with one attached hydrogen (secondary N) is 1. The normalized spacial score (nSPS) is 16.8. The van der Waals surface area contributed by atoms with Crippen molar-refractivity contribution < 1.29 is 14.3 Å². The van der Waals surface area contributed by atoms with Gasteiger partial charge in [0.2, 0.25) is 11.8 Å². The molecular weight excluding hydrogens is 340 g/mol. The van der Waals surface area contributed by atoms with Gasteiger partial charge in [-0.2, -0.15) is 0 Å². The second kappa shape index (κ2) is 7.15. The number of carbonyl (C=O) groups excluding carboxylic acids is 2. The Bertz CT molecular complexity index is 805. The van der Waals surface area contributed by atoms with E-state index in [1.54, 1.807) is 23.1 Å². The summed E-state index contributed by atoms with van der Waals surface area (Å²) >= 11 is 5.99. The van der Waals surface area contributed by atoms with Crippen LogP contribution in [-0.4, -0.2) is 25.5 Å². The summed E-state index contributed by atoms with van der Waals surface area (Å²) < 4.78 is 5.24. The van der Waals surface area contributed by atoms with Gasteiger partial charge in [-0.3, -0.25) is 9.59 Å². The maximum Gasteiger partial charge on any atom is 0.229 e. The summed E-state index contributed by atoms with van der Waals surface area (Å²) in [4.78, 5) is 26.5. The predicted octanol–water partition coefficient (Wildman–Crippen LogP) is 3.65. The summed E-state index contributed by atoms with van der Waals surface area (Å²) in [5.74, 6) is -0.166. The molecule has 0 bridgehead atoms. The average molecular weight is 359 g/mol. The number of hydrogen-bond donors (Lipinski definition) is 1. The highest BCUT2D eigenvalue weighted by Crippen LogP contribution is 2.30. The lowest BCUT2D eigenvalue weighted by Gasteiger charge is -2.17. The first-order chi connectivity index (χ1) is 12.0. The molecule has 2 aromatic rings. The quantitative estimate of drug-likeness (QED) is 0.907. The largest absolute Gasteiger partial charge is 0.495 e. The molecule has 0 radical (unpaired) electrons. The summed E-state index contributed by atoms with van der Waals surface area (Å²) in [6, 6.07) is 12.7. The summed E-state index contributed by atoms with van der Waals surface area (Å²) in [5.41, 5.74) is 2.44. The molecule has 1 heterocycles. The van der Waals surface area contributed by atoms with Crippen molar-refractivity contribution in [1.82, 2.24) is 0 Å². The van der Waals surface area contributed by atoms with Crippen LogP contribution in [0.1, 0.15) is 12.0 Å². The number of amides is 2. The van der Waals surface area contributed by atoms with E-state index in [-0.39, 0.29) is 18.2 Å². The zero-order valence-corrected chi connectivity index (χ0v) is 14.8. The highest BCUT2D eigenvalue weighted by atomic mass is 35.5. The minimum Gasteiger partial charge on any atom is -0.495 e. The average Bonchev–Trinajstić information content (AvgIpc) is 2.98. The number of rotatable bonds is 4. The Morgan fingerprint density at radius 3 is 2.64 bits per heavy atom. The Labute approximate surface area is 151 Å². The van der Waals surface area contributed by atoms with Crippen molar-refractivity contribution in [3.63, 3.8) is 0 Å². The molecule has 25 heavy (non-hydrogen) atoms. The minimum atomic E-state index is -0.419. The lowest BCUT2D eigenvalue weighted by Crippen LogP contribution is -2.28. The fourth-order valence-electron chi connectivity index (χ4n) is 2.87. The molecule has 1 N–H and O–H groups in total. The highest BCUT2D eigenvalue weighted by molar-refractivity contribution is 6.31. The molecular formula is C19H19ClN2O3. The zero-order chi connectivity index (χ0) is 18.0. The molecule has 1 saturated heterocycles. The molecule has 0 aliphatic carbocycles. The first-order valence-corrected chi connectivity index (χ1v) is 8.37. The first-order valence-electron chi connectivity index (χ1n) is 7.99. The van der Waals surface area contributed by atoms with E-state index in [1.165, 1.54) is 7.11 Å². The third-order valence-electron chi connectivity index (χ3n) is 4.26. The monoisotopic (exact) mass is 358 g/mol. The van der Waals surface area contributed by atoms with E-state index >= 15 is 0 Å². The van der Waals surface area contributed by atoms with Crippen LogP contribution < -0.4 is 15.0 Å². The molecule has 2 amide bonds. The van der Waals surface area contributed by atoms with E-state index in [9.17, 15) is 9.59 Å². The molecule has 1 aliphatic rings.